The van der Waals surface area contributed by atoms with E-state index in [4.69, 9.17) is 0 Å². The summed E-state index contributed by atoms with van der Waals surface area (Å²) in [4.78, 5) is 0. The summed E-state index contributed by atoms with van der Waals surface area (Å²) in [6.45, 7) is 4.99. The van der Waals surface area contributed by atoms with Crippen LogP contribution in [0.3, 0.4) is 0 Å². The normalized spacial score (nSPS) is 32.3. The standard InChI is InChI=1S/C16H31NO/c1-14-7-3-4-8-15(14)11-17-12-16(13-18)9-5-2-6-10-16/h14-15,17-18H,2-13H2,1H3. The van der Waals surface area contributed by atoms with Crippen molar-refractivity contribution < 1.29 is 5.11 Å². The highest BCUT2D eigenvalue weighted by atomic mass is 16.3. The van der Waals surface area contributed by atoms with Gasteiger partial charge < -0.3 is 10.4 Å². The molecule has 0 saturated heterocycles. The molecule has 0 amide bonds. The van der Waals surface area contributed by atoms with Gasteiger partial charge in [0.1, 0.15) is 0 Å². The highest BCUT2D eigenvalue weighted by Crippen LogP contribution is 2.35. The Morgan fingerprint density at radius 2 is 1.78 bits per heavy atom. The van der Waals surface area contributed by atoms with E-state index in [2.05, 4.69) is 12.2 Å². The first-order valence-corrected chi connectivity index (χ1v) is 8.07. The van der Waals surface area contributed by atoms with E-state index in [-0.39, 0.29) is 5.41 Å². The van der Waals surface area contributed by atoms with E-state index in [9.17, 15) is 5.11 Å². The van der Waals surface area contributed by atoms with E-state index < -0.39 is 0 Å². The molecule has 0 bridgehead atoms. The van der Waals surface area contributed by atoms with E-state index in [0.29, 0.717) is 6.61 Å². The summed E-state index contributed by atoms with van der Waals surface area (Å²) >= 11 is 0. The zero-order valence-corrected chi connectivity index (χ0v) is 12.1. The number of aliphatic hydroxyl groups is 1. The monoisotopic (exact) mass is 253 g/mol. The minimum Gasteiger partial charge on any atom is -0.396 e. The SMILES string of the molecule is CC1CCCCC1CNCC1(CO)CCCCC1. The Balaban J connectivity index is 1.72. The quantitative estimate of drug-likeness (QED) is 0.787. The number of hydrogen-bond donors (Lipinski definition) is 2. The predicted molar refractivity (Wildman–Crippen MR) is 76.6 cm³/mol. The molecule has 0 aromatic carbocycles. The van der Waals surface area contributed by atoms with Crippen LogP contribution in [0.5, 0.6) is 0 Å². The van der Waals surface area contributed by atoms with Gasteiger partial charge >= 0.3 is 0 Å². The summed E-state index contributed by atoms with van der Waals surface area (Å²) in [5.74, 6) is 1.76. The van der Waals surface area contributed by atoms with Gasteiger partial charge in [0, 0.05) is 18.6 Å². The molecular formula is C16H31NO. The predicted octanol–water partition coefficient (Wildman–Crippen LogP) is 3.35. The molecule has 0 heterocycles. The Kier molecular flexibility index (Phi) is 5.50. The van der Waals surface area contributed by atoms with Crippen LogP contribution in [0.1, 0.15) is 64.7 Å². The van der Waals surface area contributed by atoms with E-state index in [0.717, 1.165) is 18.4 Å². The van der Waals surface area contributed by atoms with Gasteiger partial charge in [0.25, 0.3) is 0 Å². The van der Waals surface area contributed by atoms with Crippen molar-refractivity contribution in [1.29, 1.82) is 0 Å². The number of aliphatic hydroxyl groups excluding tert-OH is 1. The maximum atomic E-state index is 9.69. The van der Waals surface area contributed by atoms with Crippen molar-refractivity contribution in [3.05, 3.63) is 0 Å². The van der Waals surface area contributed by atoms with Gasteiger partial charge in [-0.25, -0.2) is 0 Å². The van der Waals surface area contributed by atoms with Gasteiger partial charge in [0.05, 0.1) is 0 Å². The van der Waals surface area contributed by atoms with Crippen molar-refractivity contribution in [1.82, 2.24) is 5.32 Å². The molecule has 0 spiro atoms. The molecule has 2 rings (SSSR count). The van der Waals surface area contributed by atoms with Gasteiger partial charge in [-0.2, -0.15) is 0 Å². The molecule has 2 atom stereocenters. The lowest BCUT2D eigenvalue weighted by molar-refractivity contribution is 0.0785. The van der Waals surface area contributed by atoms with E-state index in [1.807, 2.05) is 0 Å². The second kappa shape index (κ2) is 6.91. The Morgan fingerprint density at radius 1 is 1.06 bits per heavy atom. The summed E-state index contributed by atoms with van der Waals surface area (Å²) in [5.41, 5.74) is 0.205. The molecule has 2 unspecified atom stereocenters. The van der Waals surface area contributed by atoms with Gasteiger partial charge in [-0.3, -0.25) is 0 Å². The van der Waals surface area contributed by atoms with Crippen LogP contribution < -0.4 is 5.32 Å². The van der Waals surface area contributed by atoms with Crippen molar-refractivity contribution in [2.45, 2.75) is 64.7 Å². The average Bonchev–Trinajstić information content (AvgIpc) is 2.42. The minimum absolute atomic E-state index is 0.205. The van der Waals surface area contributed by atoms with Crippen LogP contribution in [0.4, 0.5) is 0 Å². The lowest BCUT2D eigenvalue weighted by Gasteiger charge is -2.37. The summed E-state index contributed by atoms with van der Waals surface area (Å²) in [5, 5.41) is 13.4. The molecule has 2 N–H and O–H groups in total. The van der Waals surface area contributed by atoms with E-state index in [1.165, 1.54) is 64.3 Å². The number of hydrogen-bond acceptors (Lipinski definition) is 2. The van der Waals surface area contributed by atoms with Crippen molar-refractivity contribution in [2.75, 3.05) is 19.7 Å². The smallest absolute Gasteiger partial charge is 0.0499 e. The summed E-state index contributed by atoms with van der Waals surface area (Å²) in [7, 11) is 0. The van der Waals surface area contributed by atoms with Crippen LogP contribution in [-0.2, 0) is 0 Å². The van der Waals surface area contributed by atoms with Crippen molar-refractivity contribution >= 4 is 0 Å². The maximum absolute atomic E-state index is 9.69. The van der Waals surface area contributed by atoms with Crippen molar-refractivity contribution in [2.24, 2.45) is 17.3 Å². The highest BCUT2D eigenvalue weighted by molar-refractivity contribution is 4.85. The number of rotatable bonds is 5. The maximum Gasteiger partial charge on any atom is 0.0499 e. The highest BCUT2D eigenvalue weighted by Gasteiger charge is 2.31. The van der Waals surface area contributed by atoms with E-state index in [1.54, 1.807) is 0 Å². The molecule has 106 valence electrons. The molecule has 2 saturated carbocycles. The molecule has 2 nitrogen and oxygen atoms in total. The van der Waals surface area contributed by atoms with Crippen LogP contribution in [-0.4, -0.2) is 24.8 Å². The zero-order chi connectivity index (χ0) is 12.8. The fraction of sp³-hybridized carbons (Fsp3) is 1.00. The molecule has 2 aliphatic carbocycles. The minimum atomic E-state index is 0.205. The van der Waals surface area contributed by atoms with Crippen LogP contribution in [0.25, 0.3) is 0 Å². The van der Waals surface area contributed by atoms with E-state index >= 15 is 0 Å². The third-order valence-electron chi connectivity index (χ3n) is 5.45. The van der Waals surface area contributed by atoms with Gasteiger partial charge in [-0.15, -0.1) is 0 Å². The van der Waals surface area contributed by atoms with Crippen molar-refractivity contribution in [3.63, 3.8) is 0 Å². The third kappa shape index (κ3) is 3.71. The molecular weight excluding hydrogens is 222 g/mol. The fourth-order valence-electron chi connectivity index (χ4n) is 3.91. The van der Waals surface area contributed by atoms with Gasteiger partial charge in [-0.1, -0.05) is 45.4 Å². The summed E-state index contributed by atoms with van der Waals surface area (Å²) in [6.07, 6.45) is 12.1. The molecule has 0 aliphatic heterocycles. The molecule has 2 fully saturated rings. The molecule has 18 heavy (non-hydrogen) atoms. The lowest BCUT2D eigenvalue weighted by Crippen LogP contribution is -2.41. The first kappa shape index (κ1) is 14.3. The number of nitrogens with one attached hydrogen (secondary N) is 1. The van der Waals surface area contributed by atoms with Crippen molar-refractivity contribution in [3.8, 4) is 0 Å². The average molecular weight is 253 g/mol. The molecule has 0 aromatic rings. The zero-order valence-electron chi connectivity index (χ0n) is 12.1. The molecule has 0 radical (unpaired) electrons. The van der Waals surface area contributed by atoms with Gasteiger partial charge in [-0.05, 0) is 37.6 Å². The van der Waals surface area contributed by atoms with Gasteiger partial charge in [0.15, 0.2) is 0 Å². The van der Waals surface area contributed by atoms with Crippen LogP contribution in [0.2, 0.25) is 0 Å². The lowest BCUT2D eigenvalue weighted by atomic mass is 9.74. The first-order valence-electron chi connectivity index (χ1n) is 8.07. The Bertz CT molecular complexity index is 235. The first-order chi connectivity index (χ1) is 8.76. The third-order valence-corrected chi connectivity index (χ3v) is 5.45. The van der Waals surface area contributed by atoms with Crippen LogP contribution >= 0.6 is 0 Å². The fourth-order valence-corrected chi connectivity index (χ4v) is 3.91. The van der Waals surface area contributed by atoms with Gasteiger partial charge in [0.2, 0.25) is 0 Å². The molecule has 2 aliphatic rings. The summed E-state index contributed by atoms with van der Waals surface area (Å²) in [6, 6.07) is 0. The Morgan fingerprint density at radius 3 is 2.44 bits per heavy atom. The Hall–Kier alpha value is -0.0800. The second-order valence-corrected chi connectivity index (χ2v) is 6.87. The topological polar surface area (TPSA) is 32.3 Å². The molecule has 0 aromatic heterocycles. The van der Waals surface area contributed by atoms with Crippen LogP contribution in [0.15, 0.2) is 0 Å². The van der Waals surface area contributed by atoms with Crippen LogP contribution in [0, 0.1) is 17.3 Å². The summed E-state index contributed by atoms with van der Waals surface area (Å²) < 4.78 is 0. The Labute approximate surface area is 113 Å². The molecule has 2 heteroatoms. The largest absolute Gasteiger partial charge is 0.396 e. The second-order valence-electron chi connectivity index (χ2n) is 6.87.